The molecular weight excluding hydrogens is 176 g/mol. The Labute approximate surface area is 83.5 Å². The van der Waals surface area contributed by atoms with E-state index in [0.29, 0.717) is 5.41 Å². The van der Waals surface area contributed by atoms with E-state index in [1.165, 1.54) is 5.56 Å². The Bertz CT molecular complexity index is 339. The van der Waals surface area contributed by atoms with Crippen LogP contribution in [0, 0.1) is 0 Å². The van der Waals surface area contributed by atoms with E-state index in [2.05, 4.69) is 16.4 Å². The minimum absolute atomic E-state index is 0.307. The zero-order valence-corrected chi connectivity index (χ0v) is 8.12. The molecular formula is C11H14N2O. The smallest absolute Gasteiger partial charge is 0.129 e. The number of rotatable bonds is 0. The molecule has 1 fully saturated rings. The van der Waals surface area contributed by atoms with Crippen LogP contribution in [-0.4, -0.2) is 24.7 Å². The summed E-state index contributed by atoms with van der Waals surface area (Å²) in [5.41, 5.74) is 1.70. The number of hydrogen-bond donors (Lipinski definition) is 1. The lowest BCUT2D eigenvalue weighted by Gasteiger charge is -2.32. The van der Waals surface area contributed by atoms with E-state index in [1.807, 2.05) is 12.3 Å². The highest BCUT2D eigenvalue weighted by Gasteiger charge is 2.40. The Balaban J connectivity index is 2.03. The fourth-order valence-electron chi connectivity index (χ4n) is 2.53. The van der Waals surface area contributed by atoms with Crippen LogP contribution in [0.4, 0.5) is 5.82 Å². The van der Waals surface area contributed by atoms with Crippen LogP contribution in [0.25, 0.3) is 0 Å². The third-order valence-corrected chi connectivity index (χ3v) is 3.42. The number of hydrogen-bond acceptors (Lipinski definition) is 3. The lowest BCUT2D eigenvalue weighted by molar-refractivity contribution is 0.0567. The summed E-state index contributed by atoms with van der Waals surface area (Å²) in [5, 5.41) is 3.39. The highest BCUT2D eigenvalue weighted by atomic mass is 16.5. The summed E-state index contributed by atoms with van der Waals surface area (Å²) < 4.78 is 5.42. The zero-order valence-electron chi connectivity index (χ0n) is 8.12. The lowest BCUT2D eigenvalue weighted by Crippen LogP contribution is -2.35. The number of fused-ring (bicyclic) bond motifs is 2. The van der Waals surface area contributed by atoms with Gasteiger partial charge in [-0.15, -0.1) is 0 Å². The topological polar surface area (TPSA) is 34.1 Å². The number of anilines is 1. The summed E-state index contributed by atoms with van der Waals surface area (Å²) in [7, 11) is 0. The number of nitrogens with one attached hydrogen (secondary N) is 1. The molecule has 0 unspecified atom stereocenters. The summed E-state index contributed by atoms with van der Waals surface area (Å²) in [6, 6.07) is 4.23. The third kappa shape index (κ3) is 1.05. The van der Waals surface area contributed by atoms with Gasteiger partial charge in [0.25, 0.3) is 0 Å². The van der Waals surface area contributed by atoms with Crippen molar-refractivity contribution in [3.63, 3.8) is 0 Å². The van der Waals surface area contributed by atoms with E-state index < -0.39 is 0 Å². The van der Waals surface area contributed by atoms with E-state index in [-0.39, 0.29) is 0 Å². The van der Waals surface area contributed by atoms with E-state index in [9.17, 15) is 0 Å². The Hall–Kier alpha value is -1.09. The maximum Gasteiger partial charge on any atom is 0.129 e. The number of aromatic nitrogens is 1. The maximum absolute atomic E-state index is 5.42. The second-order valence-corrected chi connectivity index (χ2v) is 4.15. The van der Waals surface area contributed by atoms with Crippen molar-refractivity contribution in [1.82, 2.24) is 4.98 Å². The van der Waals surface area contributed by atoms with Crippen molar-refractivity contribution in [2.45, 2.75) is 18.3 Å². The molecule has 2 aliphatic rings. The van der Waals surface area contributed by atoms with E-state index in [1.54, 1.807) is 0 Å². The van der Waals surface area contributed by atoms with Gasteiger partial charge in [-0.3, -0.25) is 0 Å². The van der Waals surface area contributed by atoms with Gasteiger partial charge in [0.05, 0.1) is 0 Å². The van der Waals surface area contributed by atoms with E-state index >= 15 is 0 Å². The molecule has 0 bridgehead atoms. The van der Waals surface area contributed by atoms with Crippen molar-refractivity contribution >= 4 is 5.82 Å². The largest absolute Gasteiger partial charge is 0.381 e. The second-order valence-electron chi connectivity index (χ2n) is 4.15. The first-order valence-corrected chi connectivity index (χ1v) is 5.18. The molecule has 0 amide bonds. The molecule has 0 aromatic carbocycles. The van der Waals surface area contributed by atoms with Gasteiger partial charge in [-0.25, -0.2) is 4.98 Å². The Kier molecular flexibility index (Phi) is 1.74. The molecule has 0 radical (unpaired) electrons. The van der Waals surface area contributed by atoms with Crippen LogP contribution < -0.4 is 5.32 Å². The first-order valence-electron chi connectivity index (χ1n) is 5.18. The Morgan fingerprint density at radius 2 is 2.21 bits per heavy atom. The van der Waals surface area contributed by atoms with Gasteiger partial charge in [-0.05, 0) is 18.9 Å². The van der Waals surface area contributed by atoms with Gasteiger partial charge < -0.3 is 10.1 Å². The molecule has 74 valence electrons. The van der Waals surface area contributed by atoms with Crippen molar-refractivity contribution < 1.29 is 4.74 Å². The fourth-order valence-corrected chi connectivity index (χ4v) is 2.53. The summed E-state index contributed by atoms with van der Waals surface area (Å²) >= 11 is 0. The van der Waals surface area contributed by atoms with Crippen molar-refractivity contribution in [3.8, 4) is 0 Å². The summed E-state index contributed by atoms with van der Waals surface area (Å²) in [4.78, 5) is 4.36. The third-order valence-electron chi connectivity index (χ3n) is 3.42. The minimum Gasteiger partial charge on any atom is -0.381 e. The molecule has 1 N–H and O–H groups in total. The van der Waals surface area contributed by atoms with Crippen molar-refractivity contribution in [2.24, 2.45) is 0 Å². The number of ether oxygens (including phenoxy) is 1. The van der Waals surface area contributed by atoms with Gasteiger partial charge in [-0.1, -0.05) is 6.07 Å². The molecule has 3 heterocycles. The first-order chi connectivity index (χ1) is 6.91. The minimum atomic E-state index is 0.307. The lowest BCUT2D eigenvalue weighted by atomic mass is 9.76. The molecule has 0 saturated carbocycles. The Morgan fingerprint density at radius 1 is 1.36 bits per heavy atom. The van der Waals surface area contributed by atoms with Crippen LogP contribution >= 0.6 is 0 Å². The molecule has 3 nitrogen and oxygen atoms in total. The van der Waals surface area contributed by atoms with Gasteiger partial charge in [0.2, 0.25) is 0 Å². The standard InChI is InChI=1S/C11H14N2O/c1-2-9-10(12-5-1)13-8-11(9)3-6-14-7-4-11/h1-2,5H,3-4,6-8H2,(H,12,13). The van der Waals surface area contributed by atoms with Crippen molar-refractivity contribution in [3.05, 3.63) is 23.9 Å². The van der Waals surface area contributed by atoms with Crippen molar-refractivity contribution in [2.75, 3.05) is 25.1 Å². The summed E-state index contributed by atoms with van der Waals surface area (Å²) in [6.45, 7) is 2.80. The van der Waals surface area contributed by atoms with Gasteiger partial charge in [-0.2, -0.15) is 0 Å². The maximum atomic E-state index is 5.42. The summed E-state index contributed by atoms with van der Waals surface area (Å²) in [5.74, 6) is 1.08. The SMILES string of the molecule is c1cnc2c(c1)C1(CCOCC1)CN2. The van der Waals surface area contributed by atoms with Gasteiger partial charge in [0.1, 0.15) is 5.82 Å². The second kappa shape index (κ2) is 2.95. The monoisotopic (exact) mass is 190 g/mol. The van der Waals surface area contributed by atoms with Crippen LogP contribution in [0.15, 0.2) is 18.3 Å². The number of pyridine rings is 1. The molecule has 1 saturated heterocycles. The number of nitrogens with zero attached hydrogens (tertiary/aromatic N) is 1. The van der Waals surface area contributed by atoms with Crippen LogP contribution in [0.1, 0.15) is 18.4 Å². The molecule has 0 atom stereocenters. The average Bonchev–Trinajstić information content (AvgIpc) is 2.60. The van der Waals surface area contributed by atoms with Crippen LogP contribution in [0.5, 0.6) is 0 Å². The predicted molar refractivity (Wildman–Crippen MR) is 54.5 cm³/mol. The van der Waals surface area contributed by atoms with Gasteiger partial charge >= 0.3 is 0 Å². The summed E-state index contributed by atoms with van der Waals surface area (Å²) in [6.07, 6.45) is 4.10. The molecule has 1 aromatic rings. The molecule has 2 aliphatic heterocycles. The zero-order chi connectivity index (χ0) is 9.43. The fraction of sp³-hybridized carbons (Fsp3) is 0.545. The van der Waals surface area contributed by atoms with Crippen LogP contribution in [0.2, 0.25) is 0 Å². The average molecular weight is 190 g/mol. The highest BCUT2D eigenvalue weighted by molar-refractivity contribution is 5.55. The van der Waals surface area contributed by atoms with Gasteiger partial charge in [0.15, 0.2) is 0 Å². The molecule has 3 heteroatoms. The molecule has 0 aliphatic carbocycles. The predicted octanol–water partition coefficient (Wildman–Crippen LogP) is 1.56. The van der Waals surface area contributed by atoms with E-state index in [0.717, 1.165) is 38.4 Å². The Morgan fingerprint density at radius 3 is 3.07 bits per heavy atom. The first kappa shape index (κ1) is 8.24. The normalized spacial score (nSPS) is 23.1. The molecule has 14 heavy (non-hydrogen) atoms. The molecule has 3 rings (SSSR count). The quantitative estimate of drug-likeness (QED) is 0.674. The van der Waals surface area contributed by atoms with Crippen LogP contribution in [0.3, 0.4) is 0 Å². The molecule has 1 aromatic heterocycles. The molecule has 1 spiro atoms. The van der Waals surface area contributed by atoms with Gasteiger partial charge in [0, 0.05) is 36.9 Å². The van der Waals surface area contributed by atoms with Crippen molar-refractivity contribution in [1.29, 1.82) is 0 Å². The van der Waals surface area contributed by atoms with E-state index in [4.69, 9.17) is 4.74 Å². The highest BCUT2D eigenvalue weighted by Crippen LogP contribution is 2.42. The van der Waals surface area contributed by atoms with Crippen LogP contribution in [-0.2, 0) is 10.2 Å².